The topological polar surface area (TPSA) is 64.2 Å². The van der Waals surface area contributed by atoms with Crippen LogP contribution in [0.25, 0.3) is 0 Å². The molecule has 1 aromatic carbocycles. The molecule has 0 unspecified atom stereocenters. The van der Waals surface area contributed by atoms with Gasteiger partial charge in [-0.3, -0.25) is 4.79 Å². The summed E-state index contributed by atoms with van der Waals surface area (Å²) >= 11 is 5.92. The minimum atomic E-state index is -0.667. The third-order valence-corrected chi connectivity index (χ3v) is 2.94. The fourth-order valence-corrected chi connectivity index (χ4v) is 1.73. The van der Waals surface area contributed by atoms with Crippen molar-refractivity contribution in [3.05, 3.63) is 51.0 Å². The molecule has 2 aromatic rings. The van der Waals surface area contributed by atoms with E-state index in [1.54, 1.807) is 38.2 Å². The molecule has 0 aliphatic heterocycles. The summed E-state index contributed by atoms with van der Waals surface area (Å²) in [6, 6.07) is 6.79. The number of nitrogens with zero attached hydrogens (tertiary/aromatic N) is 1. The summed E-state index contributed by atoms with van der Waals surface area (Å²) in [6.07, 6.45) is 0. The van der Waals surface area contributed by atoms with Crippen LogP contribution in [0.3, 0.4) is 0 Å². The smallest absolute Gasteiger partial charge is 0.336 e. The van der Waals surface area contributed by atoms with Gasteiger partial charge >= 0.3 is 5.63 Å². The normalized spacial score (nSPS) is 10.4. The van der Waals surface area contributed by atoms with Gasteiger partial charge in [0.2, 0.25) is 0 Å². The first-order valence-corrected chi connectivity index (χ1v) is 5.61. The number of para-hydroxylation sites is 1. The summed E-state index contributed by atoms with van der Waals surface area (Å²) in [7, 11) is 1.56. The van der Waals surface area contributed by atoms with Crippen LogP contribution in [0.5, 0.6) is 0 Å². The monoisotopic (exact) mass is 266 g/mol. The Morgan fingerprint density at radius 1 is 1.39 bits per heavy atom. The third-order valence-electron chi connectivity index (χ3n) is 2.61. The highest BCUT2D eigenvalue weighted by Gasteiger charge is 2.20. The van der Waals surface area contributed by atoms with Crippen LogP contribution in [-0.2, 0) is 7.05 Å². The molecule has 0 aliphatic rings. The first-order chi connectivity index (χ1) is 8.50. The second-order valence-electron chi connectivity index (χ2n) is 3.77. The molecule has 1 heterocycles. The summed E-state index contributed by atoms with van der Waals surface area (Å²) in [5.41, 5.74) is 0.230. The van der Waals surface area contributed by atoms with Gasteiger partial charge in [-0.05, 0) is 19.1 Å². The molecule has 0 fully saturated rings. The Bertz CT molecular complexity index is 658. The van der Waals surface area contributed by atoms with E-state index in [1.165, 1.54) is 4.74 Å². The third kappa shape index (κ3) is 2.17. The van der Waals surface area contributed by atoms with Gasteiger partial charge in [0.25, 0.3) is 5.91 Å². The zero-order valence-corrected chi connectivity index (χ0v) is 10.6. The number of hydrogen-bond donors (Lipinski definition) is 1. The molecular weight excluding hydrogens is 256 g/mol. The van der Waals surface area contributed by atoms with Gasteiger partial charge in [0.15, 0.2) is 0 Å². The van der Waals surface area contributed by atoms with E-state index < -0.39 is 11.5 Å². The lowest BCUT2D eigenvalue weighted by molar-refractivity contribution is 0.102. The number of hydrogen-bond acceptors (Lipinski definition) is 3. The molecule has 1 N–H and O–H groups in total. The average Bonchev–Trinajstić information content (AvgIpc) is 2.56. The van der Waals surface area contributed by atoms with Crippen LogP contribution in [0.1, 0.15) is 16.1 Å². The van der Waals surface area contributed by atoms with Gasteiger partial charge in [-0.1, -0.05) is 23.7 Å². The summed E-state index contributed by atoms with van der Waals surface area (Å²) in [5.74, 6) is -0.532. The molecule has 1 aromatic heterocycles. The minimum absolute atomic E-state index is 0.0163. The van der Waals surface area contributed by atoms with Crippen molar-refractivity contribution in [2.24, 2.45) is 7.05 Å². The Kier molecular flexibility index (Phi) is 3.25. The zero-order chi connectivity index (χ0) is 13.3. The predicted octanol–water partition coefficient (Wildman–Crippen LogP) is 2.19. The molecule has 94 valence electrons. The number of anilines is 1. The molecule has 0 saturated carbocycles. The van der Waals surface area contributed by atoms with E-state index in [0.717, 1.165) is 0 Å². The van der Waals surface area contributed by atoms with Crippen LogP contribution in [0.2, 0.25) is 5.02 Å². The zero-order valence-electron chi connectivity index (χ0n) is 9.86. The van der Waals surface area contributed by atoms with Gasteiger partial charge in [-0.2, -0.15) is 0 Å². The molecule has 1 amide bonds. The number of carbonyl (C=O) groups excluding carboxylic acids is 1. The summed E-state index contributed by atoms with van der Waals surface area (Å²) in [5, 5.41) is 2.98. The molecule has 6 heteroatoms. The molecule has 2 rings (SSSR count). The van der Waals surface area contributed by atoms with Crippen molar-refractivity contribution in [1.29, 1.82) is 0 Å². The van der Waals surface area contributed by atoms with Gasteiger partial charge in [-0.25, -0.2) is 9.53 Å². The van der Waals surface area contributed by atoms with E-state index in [2.05, 4.69) is 5.32 Å². The van der Waals surface area contributed by atoms with Crippen molar-refractivity contribution in [1.82, 2.24) is 4.74 Å². The fourth-order valence-electron chi connectivity index (χ4n) is 1.55. The quantitative estimate of drug-likeness (QED) is 0.906. The number of aryl methyl sites for hydroxylation is 1. The number of amides is 1. The first-order valence-electron chi connectivity index (χ1n) is 5.23. The Labute approximate surface area is 108 Å². The standard InChI is InChI=1S/C12H11ClN2O3/c1-7-10(12(17)18-15(7)2)11(16)14-9-6-4-3-5-8(9)13/h3-6H,1-2H3,(H,14,16). The fraction of sp³-hybridized carbons (Fsp3) is 0.167. The van der Waals surface area contributed by atoms with Gasteiger partial charge < -0.3 is 9.84 Å². The van der Waals surface area contributed by atoms with Crippen LogP contribution in [0.15, 0.2) is 33.6 Å². The van der Waals surface area contributed by atoms with Crippen molar-refractivity contribution in [2.45, 2.75) is 6.92 Å². The number of carbonyl (C=O) groups is 1. The summed E-state index contributed by atoms with van der Waals surface area (Å²) in [4.78, 5) is 23.5. The van der Waals surface area contributed by atoms with E-state index in [1.807, 2.05) is 0 Å². The molecule has 5 nitrogen and oxygen atoms in total. The van der Waals surface area contributed by atoms with E-state index >= 15 is 0 Å². The lowest BCUT2D eigenvalue weighted by atomic mass is 10.2. The minimum Gasteiger partial charge on any atom is -0.336 e. The largest absolute Gasteiger partial charge is 0.370 e. The Balaban J connectivity index is 2.34. The molecule has 0 aliphatic carbocycles. The highest BCUT2D eigenvalue weighted by atomic mass is 35.5. The number of benzene rings is 1. The van der Waals surface area contributed by atoms with Crippen LogP contribution >= 0.6 is 11.6 Å². The van der Waals surface area contributed by atoms with Crippen LogP contribution in [0, 0.1) is 6.92 Å². The van der Waals surface area contributed by atoms with Crippen molar-refractivity contribution >= 4 is 23.2 Å². The maximum absolute atomic E-state index is 12.0. The number of halogens is 1. The van der Waals surface area contributed by atoms with Crippen molar-refractivity contribution in [3.8, 4) is 0 Å². The molecule has 0 bridgehead atoms. The van der Waals surface area contributed by atoms with Gasteiger partial charge in [0.05, 0.1) is 16.4 Å². The first kappa shape index (κ1) is 12.4. The number of nitrogens with one attached hydrogen (secondary N) is 1. The Hall–Kier alpha value is -2.01. The van der Waals surface area contributed by atoms with Crippen molar-refractivity contribution in [3.63, 3.8) is 0 Å². The van der Waals surface area contributed by atoms with Crippen molar-refractivity contribution in [2.75, 3.05) is 5.32 Å². The average molecular weight is 267 g/mol. The Morgan fingerprint density at radius 3 is 2.61 bits per heavy atom. The summed E-state index contributed by atoms with van der Waals surface area (Å²) < 4.78 is 6.06. The highest BCUT2D eigenvalue weighted by Crippen LogP contribution is 2.21. The molecule has 0 radical (unpaired) electrons. The van der Waals surface area contributed by atoms with Crippen LogP contribution < -0.4 is 10.9 Å². The molecule has 0 atom stereocenters. The van der Waals surface area contributed by atoms with Gasteiger partial charge in [0.1, 0.15) is 5.56 Å². The lowest BCUT2D eigenvalue weighted by Crippen LogP contribution is -2.19. The maximum atomic E-state index is 12.0. The summed E-state index contributed by atoms with van der Waals surface area (Å²) in [6.45, 7) is 1.63. The Morgan fingerprint density at radius 2 is 2.06 bits per heavy atom. The van der Waals surface area contributed by atoms with E-state index in [0.29, 0.717) is 16.4 Å². The number of aromatic nitrogens is 1. The second kappa shape index (κ2) is 4.70. The predicted molar refractivity (Wildman–Crippen MR) is 68.1 cm³/mol. The maximum Gasteiger partial charge on any atom is 0.370 e. The molecule has 0 saturated heterocycles. The van der Waals surface area contributed by atoms with Gasteiger partial charge in [0, 0.05) is 7.05 Å². The number of rotatable bonds is 2. The highest BCUT2D eigenvalue weighted by molar-refractivity contribution is 6.33. The van der Waals surface area contributed by atoms with Crippen molar-refractivity contribution < 1.29 is 9.32 Å². The molecule has 0 spiro atoms. The molecule has 18 heavy (non-hydrogen) atoms. The van der Waals surface area contributed by atoms with Crippen LogP contribution in [-0.4, -0.2) is 10.6 Å². The SMILES string of the molecule is Cc1c(C(=O)Nc2ccccc2Cl)c(=O)on1C. The molecular formula is C12H11ClN2O3. The van der Waals surface area contributed by atoms with E-state index in [9.17, 15) is 9.59 Å². The second-order valence-corrected chi connectivity index (χ2v) is 4.18. The van der Waals surface area contributed by atoms with E-state index in [-0.39, 0.29) is 5.56 Å². The lowest BCUT2D eigenvalue weighted by Gasteiger charge is -2.05. The van der Waals surface area contributed by atoms with E-state index in [4.69, 9.17) is 16.1 Å². The van der Waals surface area contributed by atoms with Gasteiger partial charge in [-0.15, -0.1) is 0 Å². The van der Waals surface area contributed by atoms with Crippen LogP contribution in [0.4, 0.5) is 5.69 Å².